The van der Waals surface area contributed by atoms with Crippen molar-refractivity contribution in [3.63, 3.8) is 0 Å². The fourth-order valence-electron chi connectivity index (χ4n) is 1.57. The van der Waals surface area contributed by atoms with Gasteiger partial charge < -0.3 is 5.32 Å². The summed E-state index contributed by atoms with van der Waals surface area (Å²) in [6.45, 7) is 0.813. The van der Waals surface area contributed by atoms with Gasteiger partial charge in [0.15, 0.2) is 0 Å². The first-order valence-corrected chi connectivity index (χ1v) is 7.68. The Balaban J connectivity index is 2.03. The Morgan fingerprint density at radius 3 is 2.80 bits per heavy atom. The van der Waals surface area contributed by atoms with Crippen LogP contribution in [-0.2, 0) is 0 Å². The molecule has 0 bridgehead atoms. The molecule has 9 heteroatoms. The van der Waals surface area contributed by atoms with Gasteiger partial charge in [0, 0.05) is 18.9 Å². The molecule has 108 valence electrons. The second-order valence-electron chi connectivity index (χ2n) is 4.00. The smallest absolute Gasteiger partial charge is 0.257 e. The van der Waals surface area contributed by atoms with Crippen LogP contribution in [-0.4, -0.2) is 43.3 Å². The summed E-state index contributed by atoms with van der Waals surface area (Å²) >= 11 is 1.85. The molecule has 4 N–H and O–H groups in total. The van der Waals surface area contributed by atoms with Gasteiger partial charge in [0.2, 0.25) is 11.9 Å². The van der Waals surface area contributed by atoms with E-state index in [1.165, 1.54) is 0 Å². The third-order valence-electron chi connectivity index (χ3n) is 2.52. The Labute approximate surface area is 121 Å². The summed E-state index contributed by atoms with van der Waals surface area (Å²) in [5.41, 5.74) is 2.43. The Bertz CT molecular complexity index is 515. The second kappa shape index (κ2) is 7.65. The molecule has 0 aromatic carbocycles. The lowest BCUT2D eigenvalue weighted by atomic mass is 10.3. The fraction of sp³-hybridized carbons (Fsp3) is 0.455. The molecule has 2 rings (SSSR count). The number of rotatable bonds is 8. The molecule has 0 radical (unpaired) electrons. The highest BCUT2D eigenvalue weighted by atomic mass is 32.2. The molecule has 0 saturated carbocycles. The van der Waals surface area contributed by atoms with Crippen LogP contribution in [0, 0.1) is 0 Å². The van der Waals surface area contributed by atoms with Crippen LogP contribution in [0.5, 0.6) is 0 Å². The van der Waals surface area contributed by atoms with E-state index in [0.29, 0.717) is 17.8 Å². The van der Waals surface area contributed by atoms with Gasteiger partial charge in [-0.3, -0.25) is 5.43 Å². The largest absolute Gasteiger partial charge is 0.354 e. The van der Waals surface area contributed by atoms with Crippen LogP contribution < -0.4 is 16.6 Å². The van der Waals surface area contributed by atoms with E-state index in [2.05, 4.69) is 37.0 Å². The van der Waals surface area contributed by atoms with Gasteiger partial charge >= 0.3 is 0 Å². The third-order valence-corrected chi connectivity index (χ3v) is 3.22. The number of hydrogen-bond donors (Lipinski definition) is 3. The number of anilines is 2. The van der Waals surface area contributed by atoms with Crippen LogP contribution in [0.3, 0.4) is 0 Å². The summed E-state index contributed by atoms with van der Waals surface area (Å²) in [5.74, 6) is 7.74. The van der Waals surface area contributed by atoms with Crippen molar-refractivity contribution in [2.45, 2.75) is 12.8 Å². The topological polar surface area (TPSA) is 107 Å². The molecule has 2 aromatic rings. The van der Waals surface area contributed by atoms with Crippen molar-refractivity contribution < 1.29 is 0 Å². The number of nitrogens with two attached hydrogens (primary N) is 1. The Hall–Kier alpha value is -1.87. The van der Waals surface area contributed by atoms with Crippen LogP contribution in [0.15, 0.2) is 18.5 Å². The average Bonchev–Trinajstić information content (AvgIpc) is 3.01. The van der Waals surface area contributed by atoms with Crippen LogP contribution >= 0.6 is 11.8 Å². The zero-order valence-corrected chi connectivity index (χ0v) is 12.1. The Kier molecular flexibility index (Phi) is 5.56. The van der Waals surface area contributed by atoms with Gasteiger partial charge in [-0.05, 0) is 30.9 Å². The molecule has 0 amide bonds. The SMILES string of the molecule is CSCCCCNc1nc(NN)nc(-n2cccn2)n1. The summed E-state index contributed by atoms with van der Waals surface area (Å²) in [6, 6.07) is 1.80. The molecule has 0 unspecified atom stereocenters. The van der Waals surface area contributed by atoms with Crippen molar-refractivity contribution in [1.29, 1.82) is 0 Å². The number of unbranched alkanes of at least 4 members (excludes halogenated alkanes) is 1. The quantitative estimate of drug-likeness (QED) is 0.374. The number of hydrogen-bond acceptors (Lipinski definition) is 8. The number of nitrogens with one attached hydrogen (secondary N) is 2. The summed E-state index contributed by atoms with van der Waals surface area (Å²) in [5, 5.41) is 7.26. The van der Waals surface area contributed by atoms with Crippen molar-refractivity contribution in [3.05, 3.63) is 18.5 Å². The molecular formula is C11H18N8S. The number of hydrazine groups is 1. The zero-order chi connectivity index (χ0) is 14.2. The predicted octanol–water partition coefficient (Wildman–Crippen LogP) is 0.898. The summed E-state index contributed by atoms with van der Waals surface area (Å²) < 4.78 is 1.56. The molecule has 2 heterocycles. The first-order chi connectivity index (χ1) is 9.83. The van der Waals surface area contributed by atoms with Crippen LogP contribution in [0.2, 0.25) is 0 Å². The first-order valence-electron chi connectivity index (χ1n) is 6.29. The standard InChI is InChI=1S/C11H18N8S/c1-20-8-3-2-5-13-9-15-10(18-12)17-11(16-9)19-7-4-6-14-19/h4,6-7H,2-3,5,8,12H2,1H3,(H2,13,15,16,17,18). The maximum absolute atomic E-state index is 5.37. The number of thioether (sulfide) groups is 1. The van der Waals surface area contributed by atoms with Crippen molar-refractivity contribution in [1.82, 2.24) is 24.7 Å². The third kappa shape index (κ3) is 4.07. The molecule has 8 nitrogen and oxygen atoms in total. The van der Waals surface area contributed by atoms with Gasteiger partial charge in [-0.1, -0.05) is 0 Å². The molecule has 2 aromatic heterocycles. The van der Waals surface area contributed by atoms with Crippen molar-refractivity contribution in [2.24, 2.45) is 5.84 Å². The summed E-state index contributed by atoms with van der Waals surface area (Å²) in [4.78, 5) is 12.6. The van der Waals surface area contributed by atoms with E-state index < -0.39 is 0 Å². The Morgan fingerprint density at radius 1 is 1.25 bits per heavy atom. The van der Waals surface area contributed by atoms with Crippen molar-refractivity contribution in [2.75, 3.05) is 29.3 Å². The lowest BCUT2D eigenvalue weighted by Crippen LogP contribution is -2.16. The van der Waals surface area contributed by atoms with E-state index in [-0.39, 0.29) is 0 Å². The fourth-order valence-corrected chi connectivity index (χ4v) is 2.06. The van der Waals surface area contributed by atoms with Crippen LogP contribution in [0.4, 0.5) is 11.9 Å². The maximum atomic E-state index is 5.37. The monoisotopic (exact) mass is 294 g/mol. The van der Waals surface area contributed by atoms with Crippen molar-refractivity contribution >= 4 is 23.7 Å². The molecular weight excluding hydrogens is 276 g/mol. The summed E-state index contributed by atoms with van der Waals surface area (Å²) in [6.07, 6.45) is 7.75. The number of nitrogen functional groups attached to an aromatic ring is 1. The lowest BCUT2D eigenvalue weighted by Gasteiger charge is -2.08. The normalized spacial score (nSPS) is 10.5. The molecule has 20 heavy (non-hydrogen) atoms. The van der Waals surface area contributed by atoms with Crippen LogP contribution in [0.1, 0.15) is 12.8 Å². The molecule has 0 aliphatic carbocycles. The van der Waals surface area contributed by atoms with E-state index in [1.54, 1.807) is 23.1 Å². The predicted molar refractivity (Wildman–Crippen MR) is 80.9 cm³/mol. The zero-order valence-electron chi connectivity index (χ0n) is 11.3. The summed E-state index contributed by atoms with van der Waals surface area (Å²) in [7, 11) is 0. The number of nitrogens with zero attached hydrogens (tertiary/aromatic N) is 5. The van der Waals surface area contributed by atoms with Gasteiger partial charge in [0.05, 0.1) is 0 Å². The van der Waals surface area contributed by atoms with E-state index in [9.17, 15) is 0 Å². The molecule has 0 spiro atoms. The van der Waals surface area contributed by atoms with Gasteiger partial charge in [0.25, 0.3) is 5.95 Å². The highest BCUT2D eigenvalue weighted by Crippen LogP contribution is 2.08. The highest BCUT2D eigenvalue weighted by Gasteiger charge is 2.07. The van der Waals surface area contributed by atoms with E-state index in [0.717, 1.165) is 25.1 Å². The van der Waals surface area contributed by atoms with E-state index in [1.807, 2.05) is 11.8 Å². The van der Waals surface area contributed by atoms with Gasteiger partial charge in [0.1, 0.15) is 0 Å². The average molecular weight is 294 g/mol. The Morgan fingerprint density at radius 2 is 2.10 bits per heavy atom. The molecule has 0 atom stereocenters. The number of aromatic nitrogens is 5. The maximum Gasteiger partial charge on any atom is 0.257 e. The second-order valence-corrected chi connectivity index (χ2v) is 4.99. The minimum Gasteiger partial charge on any atom is -0.354 e. The molecule has 0 saturated heterocycles. The van der Waals surface area contributed by atoms with Gasteiger partial charge in [-0.25, -0.2) is 10.5 Å². The van der Waals surface area contributed by atoms with Gasteiger partial charge in [-0.2, -0.15) is 31.8 Å². The van der Waals surface area contributed by atoms with Crippen LogP contribution in [0.25, 0.3) is 5.95 Å². The van der Waals surface area contributed by atoms with Gasteiger partial charge in [-0.15, -0.1) is 0 Å². The highest BCUT2D eigenvalue weighted by molar-refractivity contribution is 7.98. The van der Waals surface area contributed by atoms with E-state index in [4.69, 9.17) is 5.84 Å². The molecule has 0 fully saturated rings. The minimum absolute atomic E-state index is 0.303. The van der Waals surface area contributed by atoms with E-state index >= 15 is 0 Å². The molecule has 0 aliphatic heterocycles. The van der Waals surface area contributed by atoms with Crippen molar-refractivity contribution in [3.8, 4) is 5.95 Å². The lowest BCUT2D eigenvalue weighted by molar-refractivity contribution is 0.787. The molecule has 0 aliphatic rings. The minimum atomic E-state index is 0.303. The first kappa shape index (κ1) is 14.5.